The van der Waals surface area contributed by atoms with Crippen LogP contribution >= 0.6 is 0 Å². The first kappa shape index (κ1) is 14.2. The molecule has 0 saturated heterocycles. The van der Waals surface area contributed by atoms with Gasteiger partial charge in [-0.3, -0.25) is 4.79 Å². The van der Waals surface area contributed by atoms with Gasteiger partial charge in [0.15, 0.2) is 0 Å². The van der Waals surface area contributed by atoms with Crippen molar-refractivity contribution in [2.75, 3.05) is 6.54 Å². The lowest BCUT2D eigenvalue weighted by atomic mass is 10.1. The molecule has 0 aliphatic rings. The molecule has 0 aromatic heterocycles. The molecule has 4 nitrogen and oxygen atoms in total. The Morgan fingerprint density at radius 2 is 2.11 bits per heavy atom. The molecule has 0 saturated carbocycles. The van der Waals surface area contributed by atoms with E-state index in [0.29, 0.717) is 18.5 Å². The van der Waals surface area contributed by atoms with Crippen LogP contribution in [0.4, 0.5) is 4.79 Å². The van der Waals surface area contributed by atoms with Gasteiger partial charge in [0.2, 0.25) is 0 Å². The van der Waals surface area contributed by atoms with Gasteiger partial charge in [0.1, 0.15) is 11.9 Å². The molecule has 1 amide bonds. The third kappa shape index (κ3) is 5.48. The van der Waals surface area contributed by atoms with Crippen molar-refractivity contribution in [2.45, 2.75) is 32.8 Å². The Balaban J connectivity index is 2.37. The van der Waals surface area contributed by atoms with Crippen molar-refractivity contribution in [3.63, 3.8) is 0 Å². The molecular formula is C14H19NO3. The van der Waals surface area contributed by atoms with E-state index < -0.39 is 11.7 Å². The molecule has 0 aliphatic heterocycles. The number of aldehydes is 1. The smallest absolute Gasteiger partial charge is 0.407 e. The van der Waals surface area contributed by atoms with Crippen LogP contribution in [0, 0.1) is 0 Å². The number of ether oxygens (including phenoxy) is 1. The summed E-state index contributed by atoms with van der Waals surface area (Å²) in [6.07, 6.45) is 1.06. The summed E-state index contributed by atoms with van der Waals surface area (Å²) in [7, 11) is 0. The predicted octanol–water partition coefficient (Wildman–Crippen LogP) is 2.57. The van der Waals surface area contributed by atoms with E-state index in [0.717, 1.165) is 11.8 Å². The van der Waals surface area contributed by atoms with Crippen LogP contribution in [-0.4, -0.2) is 24.5 Å². The van der Waals surface area contributed by atoms with Gasteiger partial charge in [-0.1, -0.05) is 18.2 Å². The maximum Gasteiger partial charge on any atom is 0.407 e. The summed E-state index contributed by atoms with van der Waals surface area (Å²) in [4.78, 5) is 22.0. The molecule has 1 rings (SSSR count). The molecule has 98 valence electrons. The normalized spacial score (nSPS) is 10.8. The highest BCUT2D eigenvalue weighted by Crippen LogP contribution is 2.07. The molecule has 18 heavy (non-hydrogen) atoms. The van der Waals surface area contributed by atoms with E-state index in [1.807, 2.05) is 39.0 Å². The molecule has 4 heteroatoms. The lowest BCUT2D eigenvalue weighted by Crippen LogP contribution is -2.33. The summed E-state index contributed by atoms with van der Waals surface area (Å²) in [5, 5.41) is 2.68. The van der Waals surface area contributed by atoms with Gasteiger partial charge in [0, 0.05) is 12.1 Å². The summed E-state index contributed by atoms with van der Waals surface area (Å²) in [5.41, 5.74) is 1.17. The van der Waals surface area contributed by atoms with Gasteiger partial charge in [0.25, 0.3) is 0 Å². The van der Waals surface area contributed by atoms with Gasteiger partial charge in [0.05, 0.1) is 0 Å². The van der Waals surface area contributed by atoms with E-state index in [-0.39, 0.29) is 0 Å². The van der Waals surface area contributed by atoms with Gasteiger partial charge in [-0.05, 0) is 38.8 Å². The molecule has 0 heterocycles. The second-order valence-corrected chi connectivity index (χ2v) is 5.04. The van der Waals surface area contributed by atoms with E-state index in [1.165, 1.54) is 0 Å². The molecule has 1 aromatic rings. The average Bonchev–Trinajstić information content (AvgIpc) is 2.27. The number of hydrogen-bond donors (Lipinski definition) is 1. The van der Waals surface area contributed by atoms with Crippen molar-refractivity contribution in [2.24, 2.45) is 0 Å². The lowest BCUT2D eigenvalue weighted by Gasteiger charge is -2.19. The van der Waals surface area contributed by atoms with Crippen LogP contribution in [0.25, 0.3) is 0 Å². The van der Waals surface area contributed by atoms with Crippen molar-refractivity contribution < 1.29 is 14.3 Å². The Hall–Kier alpha value is -1.84. The van der Waals surface area contributed by atoms with Crippen LogP contribution in [0.3, 0.4) is 0 Å². The number of nitrogens with one attached hydrogen (secondary N) is 1. The standard InChI is InChI=1S/C14H19NO3/c1-14(2,3)18-13(17)15-8-7-11-5-4-6-12(9-11)10-16/h4-6,9-10H,7-8H2,1-3H3,(H,15,17). The molecule has 0 bridgehead atoms. The molecule has 1 aromatic carbocycles. The van der Waals surface area contributed by atoms with Crippen LogP contribution in [0.1, 0.15) is 36.7 Å². The molecule has 1 N–H and O–H groups in total. The Kier molecular flexibility index (Phi) is 4.89. The minimum atomic E-state index is -0.485. The highest BCUT2D eigenvalue weighted by Gasteiger charge is 2.15. The minimum Gasteiger partial charge on any atom is -0.444 e. The molecule has 0 unspecified atom stereocenters. The van der Waals surface area contributed by atoms with Gasteiger partial charge in [-0.2, -0.15) is 0 Å². The van der Waals surface area contributed by atoms with Crippen molar-refractivity contribution >= 4 is 12.4 Å². The number of benzene rings is 1. The first-order valence-corrected chi connectivity index (χ1v) is 5.92. The maximum atomic E-state index is 11.4. The molecule has 0 atom stereocenters. The second kappa shape index (κ2) is 6.19. The van der Waals surface area contributed by atoms with Crippen molar-refractivity contribution in [1.29, 1.82) is 0 Å². The van der Waals surface area contributed by atoms with Crippen LogP contribution in [0.5, 0.6) is 0 Å². The zero-order valence-corrected chi connectivity index (χ0v) is 11.0. The van der Waals surface area contributed by atoms with Crippen LogP contribution in [-0.2, 0) is 11.2 Å². The highest BCUT2D eigenvalue weighted by molar-refractivity contribution is 5.74. The quantitative estimate of drug-likeness (QED) is 0.834. The molecule has 0 spiro atoms. The fourth-order valence-corrected chi connectivity index (χ4v) is 1.45. The first-order valence-electron chi connectivity index (χ1n) is 5.92. The summed E-state index contributed by atoms with van der Waals surface area (Å²) in [6, 6.07) is 7.30. The van der Waals surface area contributed by atoms with Crippen LogP contribution < -0.4 is 5.32 Å². The lowest BCUT2D eigenvalue weighted by molar-refractivity contribution is 0.0528. The summed E-state index contributed by atoms with van der Waals surface area (Å²) < 4.78 is 5.11. The Morgan fingerprint density at radius 3 is 2.72 bits per heavy atom. The minimum absolute atomic E-state index is 0.422. The van der Waals surface area contributed by atoms with Crippen LogP contribution in [0.15, 0.2) is 24.3 Å². The summed E-state index contributed by atoms with van der Waals surface area (Å²) in [5.74, 6) is 0. The van der Waals surface area contributed by atoms with E-state index in [2.05, 4.69) is 5.32 Å². The third-order valence-electron chi connectivity index (χ3n) is 2.17. The third-order valence-corrected chi connectivity index (χ3v) is 2.17. The maximum absolute atomic E-state index is 11.4. The average molecular weight is 249 g/mol. The fraction of sp³-hybridized carbons (Fsp3) is 0.429. The Bertz CT molecular complexity index is 421. The summed E-state index contributed by atoms with van der Waals surface area (Å²) in [6.45, 7) is 5.94. The van der Waals surface area contributed by atoms with E-state index in [4.69, 9.17) is 4.74 Å². The number of hydrogen-bond acceptors (Lipinski definition) is 3. The van der Waals surface area contributed by atoms with Gasteiger partial charge < -0.3 is 10.1 Å². The van der Waals surface area contributed by atoms with Gasteiger partial charge in [-0.15, -0.1) is 0 Å². The van der Waals surface area contributed by atoms with Gasteiger partial charge >= 0.3 is 6.09 Å². The van der Waals surface area contributed by atoms with E-state index in [1.54, 1.807) is 6.07 Å². The number of amides is 1. The number of carbonyl (C=O) groups is 2. The molecule has 0 fully saturated rings. The largest absolute Gasteiger partial charge is 0.444 e. The molecule has 0 aliphatic carbocycles. The van der Waals surface area contributed by atoms with Crippen molar-refractivity contribution in [3.8, 4) is 0 Å². The fourth-order valence-electron chi connectivity index (χ4n) is 1.45. The monoisotopic (exact) mass is 249 g/mol. The zero-order valence-electron chi connectivity index (χ0n) is 11.0. The van der Waals surface area contributed by atoms with E-state index in [9.17, 15) is 9.59 Å². The molecule has 0 radical (unpaired) electrons. The topological polar surface area (TPSA) is 55.4 Å². The second-order valence-electron chi connectivity index (χ2n) is 5.04. The van der Waals surface area contributed by atoms with Gasteiger partial charge in [-0.25, -0.2) is 4.79 Å². The van der Waals surface area contributed by atoms with Crippen molar-refractivity contribution in [3.05, 3.63) is 35.4 Å². The Morgan fingerprint density at radius 1 is 1.39 bits per heavy atom. The van der Waals surface area contributed by atoms with Crippen LogP contribution in [0.2, 0.25) is 0 Å². The summed E-state index contributed by atoms with van der Waals surface area (Å²) >= 11 is 0. The SMILES string of the molecule is CC(C)(C)OC(=O)NCCc1cccc(C=O)c1. The van der Waals surface area contributed by atoms with Crippen molar-refractivity contribution in [1.82, 2.24) is 5.32 Å². The number of alkyl carbamates (subject to hydrolysis) is 1. The zero-order chi connectivity index (χ0) is 13.6. The predicted molar refractivity (Wildman–Crippen MR) is 69.8 cm³/mol. The Labute approximate surface area is 107 Å². The number of rotatable bonds is 4. The number of carbonyl (C=O) groups excluding carboxylic acids is 2. The molecular weight excluding hydrogens is 230 g/mol. The van der Waals surface area contributed by atoms with E-state index >= 15 is 0 Å². The first-order chi connectivity index (χ1) is 8.40. The highest BCUT2D eigenvalue weighted by atomic mass is 16.6.